The van der Waals surface area contributed by atoms with Gasteiger partial charge < -0.3 is 15.0 Å². The number of hydrogen-bond donors (Lipinski definition) is 1. The fraction of sp³-hybridized carbons (Fsp3) is 0.300. The summed E-state index contributed by atoms with van der Waals surface area (Å²) in [5, 5.41) is 4.08. The fourth-order valence-corrected chi connectivity index (χ4v) is 3.40. The maximum Gasteiger partial charge on any atom is 0.141 e. The molecule has 4 rings (SSSR count). The van der Waals surface area contributed by atoms with E-state index in [1.165, 1.54) is 18.5 Å². The van der Waals surface area contributed by atoms with Crippen LogP contribution in [0.2, 0.25) is 5.02 Å². The summed E-state index contributed by atoms with van der Waals surface area (Å²) in [6.45, 7) is 2.08. The van der Waals surface area contributed by atoms with Crippen molar-refractivity contribution >= 4 is 34.0 Å². The zero-order valence-electron chi connectivity index (χ0n) is 15.0. The van der Waals surface area contributed by atoms with Gasteiger partial charge in [-0.25, -0.2) is 14.4 Å². The first-order valence-corrected chi connectivity index (χ1v) is 9.28. The van der Waals surface area contributed by atoms with Crippen LogP contribution in [0.4, 0.5) is 15.9 Å². The fourth-order valence-electron chi connectivity index (χ4n) is 3.21. The van der Waals surface area contributed by atoms with Gasteiger partial charge in [-0.05, 0) is 56.3 Å². The number of nitrogens with one attached hydrogen (secondary N) is 1. The standard InChI is InChI=1S/C20H20ClFN4O/c1-26-8-6-14(7-9-26)27-15-3-5-19-16(11-15)20(24-12-23-19)25-13-2-4-18(22)17(21)10-13/h2-5,10-12,14H,6-9H2,1H3,(H,23,24,25). The lowest BCUT2D eigenvalue weighted by Crippen LogP contribution is -2.35. The minimum absolute atomic E-state index is 0.0599. The van der Waals surface area contributed by atoms with Crippen molar-refractivity contribution in [1.29, 1.82) is 0 Å². The van der Waals surface area contributed by atoms with Gasteiger partial charge in [0.1, 0.15) is 29.8 Å². The molecule has 1 aliphatic rings. The highest BCUT2D eigenvalue weighted by molar-refractivity contribution is 6.31. The molecule has 1 N–H and O–H groups in total. The Balaban J connectivity index is 1.60. The molecular weight excluding hydrogens is 367 g/mol. The van der Waals surface area contributed by atoms with E-state index in [0.717, 1.165) is 42.6 Å². The third-order valence-electron chi connectivity index (χ3n) is 4.76. The molecule has 0 amide bonds. The van der Waals surface area contributed by atoms with E-state index in [1.807, 2.05) is 18.2 Å². The maximum atomic E-state index is 13.4. The van der Waals surface area contributed by atoms with Crippen LogP contribution in [0.15, 0.2) is 42.7 Å². The Morgan fingerprint density at radius 3 is 2.74 bits per heavy atom. The summed E-state index contributed by atoms with van der Waals surface area (Å²) in [5.41, 5.74) is 1.46. The lowest BCUT2D eigenvalue weighted by Gasteiger charge is -2.29. The summed E-state index contributed by atoms with van der Waals surface area (Å²) in [6, 6.07) is 10.3. The molecule has 0 saturated carbocycles. The molecule has 1 fully saturated rings. The van der Waals surface area contributed by atoms with Crippen LogP contribution in [0.3, 0.4) is 0 Å². The Kier molecular flexibility index (Phi) is 5.09. The molecule has 3 aromatic rings. The van der Waals surface area contributed by atoms with Crippen molar-refractivity contribution < 1.29 is 9.13 Å². The molecule has 2 aromatic carbocycles. The number of ether oxygens (including phenoxy) is 1. The molecule has 1 aromatic heterocycles. The highest BCUT2D eigenvalue weighted by Crippen LogP contribution is 2.29. The van der Waals surface area contributed by atoms with Crippen molar-refractivity contribution in [3.63, 3.8) is 0 Å². The van der Waals surface area contributed by atoms with Gasteiger partial charge in [0.2, 0.25) is 0 Å². The summed E-state index contributed by atoms with van der Waals surface area (Å²) >= 11 is 5.87. The largest absolute Gasteiger partial charge is 0.490 e. The van der Waals surface area contributed by atoms with E-state index in [9.17, 15) is 4.39 Å². The zero-order valence-corrected chi connectivity index (χ0v) is 15.7. The van der Waals surface area contributed by atoms with Gasteiger partial charge in [0, 0.05) is 24.2 Å². The van der Waals surface area contributed by atoms with Gasteiger partial charge in [-0.1, -0.05) is 11.6 Å². The average molecular weight is 387 g/mol. The monoisotopic (exact) mass is 386 g/mol. The van der Waals surface area contributed by atoms with Gasteiger partial charge in [-0.3, -0.25) is 0 Å². The smallest absolute Gasteiger partial charge is 0.141 e. The summed E-state index contributed by atoms with van der Waals surface area (Å²) in [7, 11) is 2.13. The van der Waals surface area contributed by atoms with Crippen LogP contribution in [0.25, 0.3) is 10.9 Å². The molecule has 0 spiro atoms. The van der Waals surface area contributed by atoms with Crippen LogP contribution in [0.1, 0.15) is 12.8 Å². The predicted octanol–water partition coefficient (Wildman–Crippen LogP) is 4.64. The topological polar surface area (TPSA) is 50.3 Å². The van der Waals surface area contributed by atoms with Crippen LogP contribution < -0.4 is 10.1 Å². The second-order valence-electron chi connectivity index (χ2n) is 6.78. The molecule has 0 bridgehead atoms. The quantitative estimate of drug-likeness (QED) is 0.708. The Hall–Kier alpha value is -2.44. The van der Waals surface area contributed by atoms with E-state index in [4.69, 9.17) is 16.3 Å². The van der Waals surface area contributed by atoms with E-state index in [2.05, 4.69) is 27.2 Å². The average Bonchev–Trinajstić information content (AvgIpc) is 2.67. The second kappa shape index (κ2) is 7.66. The van der Waals surface area contributed by atoms with E-state index < -0.39 is 5.82 Å². The number of fused-ring (bicyclic) bond motifs is 1. The molecule has 2 heterocycles. The van der Waals surface area contributed by atoms with Crippen LogP contribution in [0, 0.1) is 5.82 Å². The highest BCUT2D eigenvalue weighted by Gasteiger charge is 2.18. The molecular formula is C20H20ClFN4O. The van der Waals surface area contributed by atoms with Crippen molar-refractivity contribution in [2.24, 2.45) is 0 Å². The number of hydrogen-bond acceptors (Lipinski definition) is 5. The Morgan fingerprint density at radius 1 is 1.15 bits per heavy atom. The van der Waals surface area contributed by atoms with Crippen molar-refractivity contribution in [3.8, 4) is 5.75 Å². The third-order valence-corrected chi connectivity index (χ3v) is 5.05. The summed E-state index contributed by atoms with van der Waals surface area (Å²) in [6.07, 6.45) is 3.74. The van der Waals surface area contributed by atoms with Crippen molar-refractivity contribution in [2.45, 2.75) is 18.9 Å². The number of piperidine rings is 1. The molecule has 0 aliphatic carbocycles. The van der Waals surface area contributed by atoms with E-state index >= 15 is 0 Å². The minimum Gasteiger partial charge on any atom is -0.490 e. The summed E-state index contributed by atoms with van der Waals surface area (Å²) < 4.78 is 19.6. The lowest BCUT2D eigenvalue weighted by atomic mass is 10.1. The first-order chi connectivity index (χ1) is 13.1. The number of benzene rings is 2. The number of rotatable bonds is 4. The van der Waals surface area contributed by atoms with Crippen LogP contribution >= 0.6 is 11.6 Å². The van der Waals surface area contributed by atoms with Crippen molar-refractivity contribution in [2.75, 3.05) is 25.5 Å². The third kappa shape index (κ3) is 4.12. The molecule has 0 unspecified atom stereocenters. The van der Waals surface area contributed by atoms with Gasteiger partial charge in [-0.2, -0.15) is 0 Å². The van der Waals surface area contributed by atoms with Crippen molar-refractivity contribution in [3.05, 3.63) is 53.6 Å². The van der Waals surface area contributed by atoms with E-state index in [1.54, 1.807) is 6.07 Å². The Bertz CT molecular complexity index is 960. The van der Waals surface area contributed by atoms with E-state index in [0.29, 0.717) is 11.5 Å². The first-order valence-electron chi connectivity index (χ1n) is 8.90. The number of likely N-dealkylation sites (tertiary alicyclic amines) is 1. The molecule has 1 aliphatic heterocycles. The SMILES string of the molecule is CN1CCC(Oc2ccc3ncnc(Nc4ccc(F)c(Cl)c4)c3c2)CC1. The zero-order chi connectivity index (χ0) is 18.8. The normalized spacial score (nSPS) is 15.8. The Labute approximate surface area is 162 Å². The van der Waals surface area contributed by atoms with Crippen LogP contribution in [-0.2, 0) is 0 Å². The lowest BCUT2D eigenvalue weighted by molar-refractivity contribution is 0.114. The highest BCUT2D eigenvalue weighted by atomic mass is 35.5. The number of aromatic nitrogens is 2. The maximum absolute atomic E-state index is 13.4. The molecule has 140 valence electrons. The first kappa shape index (κ1) is 17.9. The van der Waals surface area contributed by atoms with Crippen molar-refractivity contribution in [1.82, 2.24) is 14.9 Å². The van der Waals surface area contributed by atoms with Gasteiger partial charge in [0.05, 0.1) is 10.5 Å². The summed E-state index contributed by atoms with van der Waals surface area (Å²) in [4.78, 5) is 11.0. The molecule has 5 nitrogen and oxygen atoms in total. The predicted molar refractivity (Wildman–Crippen MR) is 105 cm³/mol. The number of halogens is 2. The second-order valence-corrected chi connectivity index (χ2v) is 7.18. The number of anilines is 2. The molecule has 27 heavy (non-hydrogen) atoms. The van der Waals surface area contributed by atoms with Gasteiger partial charge in [0.25, 0.3) is 0 Å². The van der Waals surface area contributed by atoms with Crippen LogP contribution in [-0.4, -0.2) is 41.1 Å². The molecule has 0 atom stereocenters. The van der Waals surface area contributed by atoms with Gasteiger partial charge in [0.15, 0.2) is 0 Å². The number of nitrogens with zero attached hydrogens (tertiary/aromatic N) is 3. The van der Waals surface area contributed by atoms with Crippen LogP contribution in [0.5, 0.6) is 5.75 Å². The van der Waals surface area contributed by atoms with Gasteiger partial charge >= 0.3 is 0 Å². The van der Waals surface area contributed by atoms with Gasteiger partial charge in [-0.15, -0.1) is 0 Å². The molecule has 1 saturated heterocycles. The minimum atomic E-state index is -0.455. The summed E-state index contributed by atoms with van der Waals surface area (Å²) in [5.74, 6) is 0.965. The molecule has 0 radical (unpaired) electrons. The van der Waals surface area contributed by atoms with E-state index in [-0.39, 0.29) is 11.1 Å². The molecule has 7 heteroatoms. The Morgan fingerprint density at radius 2 is 1.96 bits per heavy atom.